The Bertz CT molecular complexity index is 752. The molecule has 0 unspecified atom stereocenters. The van der Waals surface area contributed by atoms with Crippen LogP contribution in [0.4, 0.5) is 10.1 Å². The SMILES string of the molecule is COCCN(CCC(=O)Nc1ccccc1F)C(=O)c1cnc(C)cn1. The third-order valence-electron chi connectivity index (χ3n) is 3.61. The highest BCUT2D eigenvalue weighted by Gasteiger charge is 2.18. The second-order valence-corrected chi connectivity index (χ2v) is 5.61. The van der Waals surface area contributed by atoms with E-state index in [1.165, 1.54) is 36.5 Å². The molecule has 0 radical (unpaired) electrons. The molecule has 0 aliphatic carbocycles. The number of aryl methyl sites for hydroxylation is 1. The van der Waals surface area contributed by atoms with Gasteiger partial charge in [0, 0.05) is 32.8 Å². The molecule has 0 fully saturated rings. The van der Waals surface area contributed by atoms with Crippen molar-refractivity contribution in [2.24, 2.45) is 0 Å². The largest absolute Gasteiger partial charge is 0.383 e. The molecule has 1 heterocycles. The van der Waals surface area contributed by atoms with Crippen molar-refractivity contribution in [1.82, 2.24) is 14.9 Å². The molecule has 1 aromatic carbocycles. The Kier molecular flexibility index (Phi) is 7.16. The van der Waals surface area contributed by atoms with E-state index in [2.05, 4.69) is 15.3 Å². The van der Waals surface area contributed by atoms with Crippen molar-refractivity contribution in [3.05, 3.63) is 53.9 Å². The number of hydrogen-bond donors (Lipinski definition) is 1. The molecule has 0 bridgehead atoms. The second kappa shape index (κ2) is 9.57. The van der Waals surface area contributed by atoms with Crippen molar-refractivity contribution >= 4 is 17.5 Å². The van der Waals surface area contributed by atoms with E-state index in [9.17, 15) is 14.0 Å². The summed E-state index contributed by atoms with van der Waals surface area (Å²) < 4.78 is 18.6. The smallest absolute Gasteiger partial charge is 0.274 e. The minimum Gasteiger partial charge on any atom is -0.383 e. The molecular weight excluding hydrogens is 339 g/mol. The molecule has 0 saturated carbocycles. The molecule has 0 aliphatic heterocycles. The Morgan fingerprint density at radius 2 is 1.96 bits per heavy atom. The fraction of sp³-hybridized carbons (Fsp3) is 0.333. The lowest BCUT2D eigenvalue weighted by Gasteiger charge is -2.21. The summed E-state index contributed by atoms with van der Waals surface area (Å²) in [7, 11) is 1.53. The van der Waals surface area contributed by atoms with Crippen molar-refractivity contribution in [3.8, 4) is 0 Å². The minimum atomic E-state index is -0.511. The van der Waals surface area contributed by atoms with Crippen LogP contribution < -0.4 is 5.32 Å². The number of halogens is 1. The van der Waals surface area contributed by atoms with Crippen molar-refractivity contribution in [1.29, 1.82) is 0 Å². The Balaban J connectivity index is 1.98. The number of nitrogens with zero attached hydrogens (tertiary/aromatic N) is 3. The zero-order chi connectivity index (χ0) is 18.9. The van der Waals surface area contributed by atoms with Crippen molar-refractivity contribution in [2.45, 2.75) is 13.3 Å². The van der Waals surface area contributed by atoms with E-state index in [-0.39, 0.29) is 36.2 Å². The zero-order valence-corrected chi connectivity index (χ0v) is 14.7. The van der Waals surface area contributed by atoms with E-state index in [1.807, 2.05) is 0 Å². The summed E-state index contributed by atoms with van der Waals surface area (Å²) in [6, 6.07) is 5.91. The first-order chi connectivity index (χ1) is 12.5. The average molecular weight is 360 g/mol. The van der Waals surface area contributed by atoms with E-state index < -0.39 is 5.82 Å². The molecule has 1 N–H and O–H groups in total. The number of anilines is 1. The van der Waals surface area contributed by atoms with Gasteiger partial charge in [-0.3, -0.25) is 14.6 Å². The number of carbonyl (C=O) groups excluding carboxylic acids is 2. The Morgan fingerprint density at radius 1 is 1.19 bits per heavy atom. The third kappa shape index (κ3) is 5.59. The molecule has 1 aromatic heterocycles. The molecule has 0 aliphatic rings. The summed E-state index contributed by atoms with van der Waals surface area (Å²) in [5, 5.41) is 2.50. The van der Waals surface area contributed by atoms with Gasteiger partial charge in [-0.1, -0.05) is 12.1 Å². The number of aromatic nitrogens is 2. The number of benzene rings is 1. The molecule has 0 spiro atoms. The fourth-order valence-electron chi connectivity index (χ4n) is 2.19. The first-order valence-electron chi connectivity index (χ1n) is 8.12. The molecular formula is C18H21FN4O3. The molecule has 7 nitrogen and oxygen atoms in total. The number of amides is 2. The third-order valence-corrected chi connectivity index (χ3v) is 3.61. The summed E-state index contributed by atoms with van der Waals surface area (Å²) in [5.41, 5.74) is 1.01. The predicted molar refractivity (Wildman–Crippen MR) is 94.2 cm³/mol. The van der Waals surface area contributed by atoms with Gasteiger partial charge in [0.2, 0.25) is 5.91 Å². The zero-order valence-electron chi connectivity index (χ0n) is 14.7. The molecule has 8 heteroatoms. The first kappa shape index (κ1) is 19.5. The number of nitrogens with one attached hydrogen (secondary N) is 1. The van der Waals surface area contributed by atoms with Gasteiger partial charge in [-0.2, -0.15) is 0 Å². The number of carbonyl (C=O) groups is 2. The number of ether oxygens (including phenoxy) is 1. The lowest BCUT2D eigenvalue weighted by atomic mass is 10.2. The molecule has 2 amide bonds. The summed E-state index contributed by atoms with van der Waals surface area (Å²) in [5.74, 6) is -1.24. The Hall–Kier alpha value is -2.87. The van der Waals surface area contributed by atoms with Gasteiger partial charge in [-0.05, 0) is 19.1 Å². The summed E-state index contributed by atoms with van der Waals surface area (Å²) in [4.78, 5) is 34.2. The number of para-hydroxylation sites is 1. The van der Waals surface area contributed by atoms with Crippen molar-refractivity contribution < 1.29 is 18.7 Å². The van der Waals surface area contributed by atoms with Crippen molar-refractivity contribution in [3.63, 3.8) is 0 Å². The minimum absolute atomic E-state index is 0.0169. The number of rotatable bonds is 8. The fourth-order valence-corrected chi connectivity index (χ4v) is 2.19. The van der Waals surface area contributed by atoms with Crippen LogP contribution in [0, 0.1) is 12.7 Å². The topological polar surface area (TPSA) is 84.4 Å². The highest BCUT2D eigenvalue weighted by molar-refractivity contribution is 5.93. The lowest BCUT2D eigenvalue weighted by molar-refractivity contribution is -0.116. The average Bonchev–Trinajstić information content (AvgIpc) is 2.64. The molecule has 0 saturated heterocycles. The van der Waals surface area contributed by atoms with Crippen LogP contribution in [-0.4, -0.2) is 53.5 Å². The summed E-state index contributed by atoms with van der Waals surface area (Å²) >= 11 is 0. The van der Waals surface area contributed by atoms with E-state index in [0.29, 0.717) is 18.8 Å². The second-order valence-electron chi connectivity index (χ2n) is 5.61. The van der Waals surface area contributed by atoms with Crippen LogP contribution in [0.5, 0.6) is 0 Å². The van der Waals surface area contributed by atoms with Gasteiger partial charge in [-0.15, -0.1) is 0 Å². The molecule has 138 valence electrons. The predicted octanol–water partition coefficient (Wildman–Crippen LogP) is 2.04. The van der Waals surface area contributed by atoms with Crippen molar-refractivity contribution in [2.75, 3.05) is 32.1 Å². The van der Waals surface area contributed by atoms with Crippen LogP contribution in [0.1, 0.15) is 22.6 Å². The highest BCUT2D eigenvalue weighted by atomic mass is 19.1. The summed E-state index contributed by atoms with van der Waals surface area (Å²) in [6.45, 7) is 2.55. The van der Waals surface area contributed by atoms with Gasteiger partial charge in [0.1, 0.15) is 11.5 Å². The highest BCUT2D eigenvalue weighted by Crippen LogP contribution is 2.12. The maximum atomic E-state index is 13.6. The molecule has 0 atom stereocenters. The van der Waals surface area contributed by atoms with Gasteiger partial charge >= 0.3 is 0 Å². The van der Waals surface area contributed by atoms with Crippen LogP contribution in [0.15, 0.2) is 36.7 Å². The van der Waals surface area contributed by atoms with E-state index in [1.54, 1.807) is 19.1 Å². The van der Waals surface area contributed by atoms with E-state index in [4.69, 9.17) is 4.74 Å². The van der Waals surface area contributed by atoms with Gasteiger partial charge in [0.25, 0.3) is 5.91 Å². The van der Waals surface area contributed by atoms with Crippen LogP contribution in [-0.2, 0) is 9.53 Å². The standard InChI is InChI=1S/C18H21FN4O3/c1-13-11-21-16(12-20-13)18(25)23(9-10-26-2)8-7-17(24)22-15-6-4-3-5-14(15)19/h3-6,11-12H,7-10H2,1-2H3,(H,22,24). The molecule has 26 heavy (non-hydrogen) atoms. The monoisotopic (exact) mass is 360 g/mol. The van der Waals surface area contributed by atoms with Gasteiger partial charge in [0.05, 0.1) is 24.2 Å². The summed E-state index contributed by atoms with van der Waals surface area (Å²) in [6.07, 6.45) is 2.92. The normalized spacial score (nSPS) is 10.4. The first-order valence-corrected chi connectivity index (χ1v) is 8.12. The van der Waals surface area contributed by atoms with Crippen LogP contribution in [0.25, 0.3) is 0 Å². The maximum Gasteiger partial charge on any atom is 0.274 e. The quantitative estimate of drug-likeness (QED) is 0.779. The number of methoxy groups -OCH3 is 1. The number of hydrogen-bond acceptors (Lipinski definition) is 5. The Labute approximate surface area is 151 Å². The van der Waals surface area contributed by atoms with E-state index in [0.717, 1.165) is 0 Å². The van der Waals surface area contributed by atoms with Gasteiger partial charge in [-0.25, -0.2) is 9.37 Å². The van der Waals surface area contributed by atoms with Crippen LogP contribution in [0.2, 0.25) is 0 Å². The lowest BCUT2D eigenvalue weighted by Crippen LogP contribution is -2.37. The maximum absolute atomic E-state index is 13.6. The Morgan fingerprint density at radius 3 is 2.62 bits per heavy atom. The van der Waals surface area contributed by atoms with Crippen LogP contribution >= 0.6 is 0 Å². The molecule has 2 aromatic rings. The van der Waals surface area contributed by atoms with Gasteiger partial charge < -0.3 is 15.0 Å². The van der Waals surface area contributed by atoms with Gasteiger partial charge in [0.15, 0.2) is 0 Å². The molecule has 2 rings (SSSR count). The van der Waals surface area contributed by atoms with E-state index >= 15 is 0 Å². The van der Waals surface area contributed by atoms with Crippen LogP contribution in [0.3, 0.4) is 0 Å².